The van der Waals surface area contributed by atoms with Crippen LogP contribution in [0.25, 0.3) is 0 Å². The number of carbonyl (C=O) groups excluding carboxylic acids is 3. The van der Waals surface area contributed by atoms with Gasteiger partial charge in [-0.1, -0.05) is 47.9 Å². The highest BCUT2D eigenvalue weighted by Gasteiger charge is 2.73. The van der Waals surface area contributed by atoms with Gasteiger partial charge in [0.15, 0.2) is 28.8 Å². The summed E-state index contributed by atoms with van der Waals surface area (Å²) in [6.07, 6.45) is 10.1. The highest BCUT2D eigenvalue weighted by atomic mass is 32.1. The number of allylic oxidation sites excluding steroid dienone is 10. The Morgan fingerprint density at radius 2 is 1.50 bits per heavy atom. The van der Waals surface area contributed by atoms with E-state index in [9.17, 15) is 20.1 Å². The molecule has 2 aliphatic rings. The van der Waals surface area contributed by atoms with E-state index in [-0.39, 0.29) is 36.5 Å². The second-order valence-corrected chi connectivity index (χ2v) is 14.3. The van der Waals surface area contributed by atoms with Gasteiger partial charge in [0.2, 0.25) is 0 Å². The number of phenols is 2. The summed E-state index contributed by atoms with van der Waals surface area (Å²) in [5.74, 6) is -3.44. The molecule has 4 atom stereocenters. The van der Waals surface area contributed by atoms with Gasteiger partial charge in [0.05, 0.1) is 5.41 Å². The van der Waals surface area contributed by atoms with Crippen molar-refractivity contribution in [2.45, 2.75) is 93.9 Å². The topological polar surface area (TPSA) is 112 Å². The third-order valence-electron chi connectivity index (χ3n) is 9.65. The van der Waals surface area contributed by atoms with Crippen LogP contribution in [0.15, 0.2) is 75.5 Å². The SMILES string of the molecule is CC(C)=CCC[C@]1(C)[C@@H](CC=C(C)C)C[C@]2(CC=C(C)C)C(=O)[C@@]1(C/C=C(\C)S)C(=O)C(C(=O)c1ccc(O)c(O)c1)=C2O. The van der Waals surface area contributed by atoms with Gasteiger partial charge in [0.25, 0.3) is 0 Å². The molecule has 238 valence electrons. The number of hydrogen-bond acceptors (Lipinski definition) is 7. The van der Waals surface area contributed by atoms with Crippen LogP contribution in [0.1, 0.15) is 104 Å². The summed E-state index contributed by atoms with van der Waals surface area (Å²) in [5, 5.41) is 32.1. The van der Waals surface area contributed by atoms with E-state index in [0.717, 1.165) is 22.8 Å². The predicted octanol–water partition coefficient (Wildman–Crippen LogP) is 8.93. The number of phenolic OH excluding ortho intramolecular Hbond substituents is 2. The summed E-state index contributed by atoms with van der Waals surface area (Å²) in [6.45, 7) is 15.7. The smallest absolute Gasteiger partial charge is 0.200 e. The molecule has 1 saturated carbocycles. The van der Waals surface area contributed by atoms with E-state index in [0.29, 0.717) is 24.2 Å². The molecule has 1 aromatic carbocycles. The van der Waals surface area contributed by atoms with Gasteiger partial charge < -0.3 is 15.3 Å². The van der Waals surface area contributed by atoms with Gasteiger partial charge in [-0.05, 0) is 121 Å². The van der Waals surface area contributed by atoms with Crippen molar-refractivity contribution in [3.8, 4) is 11.5 Å². The molecule has 3 rings (SSSR count). The van der Waals surface area contributed by atoms with Gasteiger partial charge in [0.1, 0.15) is 16.7 Å². The molecule has 6 nitrogen and oxygen atoms in total. The lowest BCUT2D eigenvalue weighted by Gasteiger charge is -2.61. The number of Topliss-reactive ketones (excluding diaryl/α,β-unsaturated/α-hetero) is 3. The van der Waals surface area contributed by atoms with Crippen LogP contribution in [0.2, 0.25) is 0 Å². The number of ketones is 3. The highest BCUT2D eigenvalue weighted by Crippen LogP contribution is 2.68. The van der Waals surface area contributed by atoms with Crippen molar-refractivity contribution in [1.29, 1.82) is 0 Å². The Labute approximate surface area is 267 Å². The Bertz CT molecular complexity index is 1490. The Hall–Kier alpha value is -3.32. The number of thiol groups is 1. The standard InChI is InChI=1S/C37H48O6S/c1-22(2)10-9-17-35(8)27(13-11-23(3)4)21-36(18-15-24(5)6)32(41)30(31(40)26-12-14-28(38)29(39)20-26)33(42)37(35,34(36)43)19-16-25(7)44/h10-12,14-16,20,27,38-39,41,44H,9,13,17-19,21H2,1-8H3/b25-16+/t27-,35+,36-,37+/m0/s1. The van der Waals surface area contributed by atoms with E-state index >= 15 is 9.59 Å². The Kier molecular flexibility index (Phi) is 10.7. The lowest BCUT2D eigenvalue weighted by atomic mass is 9.38. The number of benzene rings is 1. The third-order valence-corrected chi connectivity index (χ3v) is 9.83. The lowest BCUT2D eigenvalue weighted by Crippen LogP contribution is -2.67. The van der Waals surface area contributed by atoms with Crippen molar-refractivity contribution in [2.75, 3.05) is 0 Å². The van der Waals surface area contributed by atoms with Gasteiger partial charge in [-0.3, -0.25) is 14.4 Å². The maximum absolute atomic E-state index is 15.2. The number of carbonyl (C=O) groups is 3. The zero-order chi connectivity index (χ0) is 33.2. The molecule has 7 heteroatoms. The molecule has 0 spiro atoms. The number of aliphatic hydroxyl groups is 1. The largest absolute Gasteiger partial charge is 0.510 e. The molecule has 2 aliphatic carbocycles. The second kappa shape index (κ2) is 13.4. The molecule has 3 N–H and O–H groups in total. The number of aromatic hydroxyl groups is 2. The molecule has 0 aliphatic heterocycles. The lowest BCUT2D eigenvalue weighted by molar-refractivity contribution is -0.174. The zero-order valence-corrected chi connectivity index (χ0v) is 28.3. The van der Waals surface area contributed by atoms with E-state index in [2.05, 4.69) is 24.8 Å². The van der Waals surface area contributed by atoms with Crippen molar-refractivity contribution >= 4 is 30.0 Å². The summed E-state index contributed by atoms with van der Waals surface area (Å²) >= 11 is 4.50. The van der Waals surface area contributed by atoms with Gasteiger partial charge in [-0.25, -0.2) is 0 Å². The summed E-state index contributed by atoms with van der Waals surface area (Å²) < 4.78 is 0. The van der Waals surface area contributed by atoms with Crippen molar-refractivity contribution in [2.24, 2.45) is 22.2 Å². The van der Waals surface area contributed by atoms with Crippen molar-refractivity contribution in [3.63, 3.8) is 0 Å². The molecule has 1 aromatic rings. The van der Waals surface area contributed by atoms with Crippen LogP contribution in [0.4, 0.5) is 0 Å². The van der Waals surface area contributed by atoms with E-state index < -0.39 is 50.6 Å². The quantitative estimate of drug-likeness (QED) is 0.0491. The van der Waals surface area contributed by atoms with Crippen LogP contribution in [0, 0.1) is 22.2 Å². The molecule has 0 heterocycles. The van der Waals surface area contributed by atoms with Crippen LogP contribution in [-0.2, 0) is 9.59 Å². The Morgan fingerprint density at radius 3 is 2.05 bits per heavy atom. The maximum atomic E-state index is 15.2. The minimum absolute atomic E-state index is 0.0398. The van der Waals surface area contributed by atoms with E-state index in [1.165, 1.54) is 12.1 Å². The highest BCUT2D eigenvalue weighted by molar-refractivity contribution is 7.84. The molecule has 0 aromatic heterocycles. The van der Waals surface area contributed by atoms with Gasteiger partial charge in [-0.2, -0.15) is 0 Å². The molecule has 44 heavy (non-hydrogen) atoms. The van der Waals surface area contributed by atoms with E-state index in [1.54, 1.807) is 13.0 Å². The van der Waals surface area contributed by atoms with Gasteiger partial charge in [0, 0.05) is 5.56 Å². The van der Waals surface area contributed by atoms with Crippen LogP contribution < -0.4 is 0 Å². The Morgan fingerprint density at radius 1 is 0.886 bits per heavy atom. The summed E-state index contributed by atoms with van der Waals surface area (Å²) in [6, 6.07) is 3.55. The molecule has 0 unspecified atom stereocenters. The fourth-order valence-corrected chi connectivity index (χ4v) is 7.16. The molecule has 2 bridgehead atoms. The zero-order valence-electron chi connectivity index (χ0n) is 27.4. The third kappa shape index (κ3) is 6.26. The fourth-order valence-electron chi connectivity index (χ4n) is 7.07. The van der Waals surface area contributed by atoms with Gasteiger partial charge in [-0.15, -0.1) is 12.6 Å². The molecular formula is C37H48O6S. The molecular weight excluding hydrogens is 572 g/mol. The number of fused-ring (bicyclic) bond motifs is 2. The van der Waals surface area contributed by atoms with Crippen LogP contribution in [0.3, 0.4) is 0 Å². The van der Waals surface area contributed by atoms with E-state index in [1.807, 2.05) is 54.5 Å². The summed E-state index contributed by atoms with van der Waals surface area (Å²) in [5.41, 5.74) is -1.32. The maximum Gasteiger partial charge on any atom is 0.200 e. The average molecular weight is 621 g/mol. The average Bonchev–Trinajstić information content (AvgIpc) is 2.92. The van der Waals surface area contributed by atoms with Crippen molar-refractivity contribution in [3.05, 3.63) is 81.0 Å². The summed E-state index contributed by atoms with van der Waals surface area (Å²) in [7, 11) is 0. The van der Waals surface area contributed by atoms with Crippen LogP contribution in [0.5, 0.6) is 11.5 Å². The monoisotopic (exact) mass is 620 g/mol. The first kappa shape index (κ1) is 35.2. The molecule has 0 amide bonds. The van der Waals surface area contributed by atoms with Crippen molar-refractivity contribution < 1.29 is 29.7 Å². The normalized spacial score (nSPS) is 26.8. The first-order chi connectivity index (χ1) is 20.4. The number of rotatable bonds is 11. The Balaban J connectivity index is 2.49. The fraction of sp³-hybridized carbons (Fsp3) is 0.486. The van der Waals surface area contributed by atoms with Crippen molar-refractivity contribution in [1.82, 2.24) is 0 Å². The second-order valence-electron chi connectivity index (χ2n) is 13.6. The molecule has 0 radical (unpaired) electrons. The predicted molar refractivity (Wildman–Crippen MR) is 179 cm³/mol. The van der Waals surface area contributed by atoms with Crippen LogP contribution >= 0.6 is 12.6 Å². The summed E-state index contributed by atoms with van der Waals surface area (Å²) in [4.78, 5) is 45.1. The number of aliphatic hydroxyl groups excluding tert-OH is 1. The first-order valence-corrected chi connectivity index (χ1v) is 15.7. The molecule has 0 saturated heterocycles. The first-order valence-electron chi connectivity index (χ1n) is 15.3. The minimum atomic E-state index is -1.66. The van der Waals surface area contributed by atoms with E-state index in [4.69, 9.17) is 0 Å². The van der Waals surface area contributed by atoms with Gasteiger partial charge >= 0.3 is 0 Å². The van der Waals surface area contributed by atoms with Crippen LogP contribution in [-0.4, -0.2) is 32.7 Å². The molecule has 1 fully saturated rings. The number of hydrogen-bond donors (Lipinski definition) is 4. The minimum Gasteiger partial charge on any atom is -0.510 e.